The van der Waals surface area contributed by atoms with Crippen LogP contribution < -0.4 is 0 Å². The van der Waals surface area contributed by atoms with E-state index in [4.69, 9.17) is 10.2 Å². The molecular formula is C44H88O4Sn. The van der Waals surface area contributed by atoms with Crippen LogP contribution >= 0.6 is 0 Å². The molecule has 0 spiro atoms. The molecule has 0 aliphatic rings. The first-order valence-corrected chi connectivity index (χ1v) is 21.9. The first kappa shape index (κ1) is 53.1. The molecule has 2 N–H and O–H groups in total. The summed E-state index contributed by atoms with van der Waals surface area (Å²) in [5.74, 6) is -1.39. The van der Waals surface area contributed by atoms with Gasteiger partial charge < -0.3 is 10.2 Å². The van der Waals surface area contributed by atoms with Crippen molar-refractivity contribution in [3.8, 4) is 0 Å². The minimum Gasteiger partial charge on any atom is -0.481 e. The van der Waals surface area contributed by atoms with Crippen LogP contribution in [-0.2, 0) is 9.59 Å². The molecule has 0 aliphatic heterocycles. The summed E-state index contributed by atoms with van der Waals surface area (Å²) in [4.78, 5) is 22.1. The molecular weight excluding hydrogens is 711 g/mol. The van der Waals surface area contributed by atoms with Crippen molar-refractivity contribution in [3.05, 3.63) is 0 Å². The van der Waals surface area contributed by atoms with Crippen LogP contribution in [0.4, 0.5) is 0 Å². The van der Waals surface area contributed by atoms with Gasteiger partial charge >= 0.3 is 11.9 Å². The quantitative estimate of drug-likeness (QED) is 0.0482. The maximum atomic E-state index is 11.1. The first-order valence-electron chi connectivity index (χ1n) is 21.9. The monoisotopic (exact) mass is 801 g/mol. The number of aliphatic carboxylic acids is 2. The minimum absolute atomic E-state index is 0. The topological polar surface area (TPSA) is 74.6 Å². The van der Waals surface area contributed by atoms with E-state index in [2.05, 4.69) is 27.7 Å². The van der Waals surface area contributed by atoms with Gasteiger partial charge in [-0.25, -0.2) is 0 Å². The normalized spacial score (nSPS) is 12.2. The Morgan fingerprint density at radius 3 is 0.653 bits per heavy atom. The van der Waals surface area contributed by atoms with Gasteiger partial charge in [-0.15, -0.1) is 0 Å². The SMILES string of the molecule is CCCCCCCCCCCCCCCCCC(CCC)C(=O)O.CCCCCCCCCCCCCCCCCC(CCC)C(=O)O.[Sn]. The van der Waals surface area contributed by atoms with E-state index in [0.717, 1.165) is 51.4 Å². The molecule has 0 aliphatic carbocycles. The molecule has 0 aromatic heterocycles. The summed E-state index contributed by atoms with van der Waals surface area (Å²) >= 11 is 0. The van der Waals surface area contributed by atoms with Crippen LogP contribution in [0, 0.1) is 11.8 Å². The molecule has 0 rings (SSSR count). The van der Waals surface area contributed by atoms with Crippen LogP contribution in [0.3, 0.4) is 0 Å². The largest absolute Gasteiger partial charge is 0.481 e. The summed E-state index contributed by atoms with van der Waals surface area (Å²) in [7, 11) is 0. The molecule has 49 heavy (non-hydrogen) atoms. The Kier molecular flexibility index (Phi) is 49.6. The standard InChI is InChI=1S/2C22H44O2.Sn/c2*1-3-5-6-7-8-9-10-11-12-13-14-15-16-17-18-20-21(19-4-2)22(23)24;/h2*21H,3-20H2,1-2H3,(H,23,24);. The van der Waals surface area contributed by atoms with E-state index in [1.165, 1.54) is 180 Å². The Bertz CT molecular complexity index is 586. The Hall–Kier alpha value is -0.261. The number of carboxylic acid groups (broad SMARTS) is 2. The van der Waals surface area contributed by atoms with E-state index in [0.29, 0.717) is 0 Å². The van der Waals surface area contributed by atoms with Crippen LogP contribution in [0.5, 0.6) is 0 Å². The van der Waals surface area contributed by atoms with Crippen molar-refractivity contribution >= 4 is 35.8 Å². The average Bonchev–Trinajstić information content (AvgIpc) is 3.07. The zero-order valence-electron chi connectivity index (χ0n) is 33.8. The van der Waals surface area contributed by atoms with E-state index in [9.17, 15) is 9.59 Å². The number of carboxylic acids is 2. The predicted molar refractivity (Wildman–Crippen MR) is 217 cm³/mol. The number of unbranched alkanes of at least 4 members (excludes halogenated alkanes) is 28. The van der Waals surface area contributed by atoms with Gasteiger partial charge in [0.25, 0.3) is 0 Å². The maximum Gasteiger partial charge on any atom is 0.306 e. The average molecular weight is 800 g/mol. The molecule has 0 aromatic rings. The fourth-order valence-corrected chi connectivity index (χ4v) is 7.00. The third-order valence-electron chi connectivity index (χ3n) is 10.3. The molecule has 4 radical (unpaired) electrons. The zero-order chi connectivity index (χ0) is 35.8. The number of rotatable bonds is 38. The predicted octanol–water partition coefficient (Wildman–Crippen LogP) is 15.1. The van der Waals surface area contributed by atoms with Crippen molar-refractivity contribution in [1.82, 2.24) is 0 Å². The summed E-state index contributed by atoms with van der Waals surface area (Å²) in [5, 5.41) is 18.2. The van der Waals surface area contributed by atoms with E-state index in [1.54, 1.807) is 0 Å². The molecule has 5 heteroatoms. The fourth-order valence-electron chi connectivity index (χ4n) is 7.00. The second kappa shape index (κ2) is 45.8. The molecule has 0 saturated heterocycles. The van der Waals surface area contributed by atoms with Gasteiger partial charge in [0.05, 0.1) is 11.8 Å². The molecule has 0 heterocycles. The molecule has 2 unspecified atom stereocenters. The molecule has 292 valence electrons. The van der Waals surface area contributed by atoms with Crippen molar-refractivity contribution < 1.29 is 19.8 Å². The van der Waals surface area contributed by atoms with E-state index in [-0.39, 0.29) is 35.7 Å². The van der Waals surface area contributed by atoms with Gasteiger partial charge in [0, 0.05) is 23.9 Å². The van der Waals surface area contributed by atoms with E-state index >= 15 is 0 Å². The van der Waals surface area contributed by atoms with Crippen LogP contribution in [-0.4, -0.2) is 46.1 Å². The molecule has 4 nitrogen and oxygen atoms in total. The summed E-state index contributed by atoms with van der Waals surface area (Å²) in [6, 6.07) is 0. The van der Waals surface area contributed by atoms with Crippen LogP contribution in [0.25, 0.3) is 0 Å². The van der Waals surface area contributed by atoms with Crippen molar-refractivity contribution in [2.75, 3.05) is 0 Å². The Morgan fingerprint density at radius 1 is 0.306 bits per heavy atom. The van der Waals surface area contributed by atoms with Gasteiger partial charge in [-0.1, -0.05) is 233 Å². The van der Waals surface area contributed by atoms with Gasteiger partial charge in [0.15, 0.2) is 0 Å². The molecule has 2 atom stereocenters. The molecule has 0 saturated carbocycles. The summed E-state index contributed by atoms with van der Waals surface area (Å²) in [5.41, 5.74) is 0. The second-order valence-electron chi connectivity index (χ2n) is 15.1. The third kappa shape index (κ3) is 43.8. The van der Waals surface area contributed by atoms with Gasteiger partial charge in [-0.2, -0.15) is 0 Å². The smallest absolute Gasteiger partial charge is 0.306 e. The zero-order valence-corrected chi connectivity index (χ0v) is 36.7. The first-order chi connectivity index (χ1) is 23.4. The molecule has 0 amide bonds. The molecule has 0 fully saturated rings. The Morgan fingerprint density at radius 2 is 0.490 bits per heavy atom. The maximum absolute atomic E-state index is 11.1. The third-order valence-corrected chi connectivity index (χ3v) is 10.3. The second-order valence-corrected chi connectivity index (χ2v) is 15.1. The number of hydrogen-bond donors (Lipinski definition) is 2. The van der Waals surface area contributed by atoms with E-state index in [1.807, 2.05) is 0 Å². The number of carbonyl (C=O) groups is 2. The Labute approximate surface area is 324 Å². The van der Waals surface area contributed by atoms with Crippen molar-refractivity contribution in [3.63, 3.8) is 0 Å². The van der Waals surface area contributed by atoms with Crippen molar-refractivity contribution in [1.29, 1.82) is 0 Å². The van der Waals surface area contributed by atoms with Crippen molar-refractivity contribution in [2.24, 2.45) is 11.8 Å². The Balaban J connectivity index is -0.000000846. The fraction of sp³-hybridized carbons (Fsp3) is 0.955. The summed E-state index contributed by atoms with van der Waals surface area (Å²) in [6.45, 7) is 8.70. The summed E-state index contributed by atoms with van der Waals surface area (Å²) in [6.07, 6.45) is 46.3. The van der Waals surface area contributed by atoms with Gasteiger partial charge in [0.2, 0.25) is 0 Å². The van der Waals surface area contributed by atoms with Gasteiger partial charge in [-0.3, -0.25) is 9.59 Å². The molecule has 0 bridgehead atoms. The number of hydrogen-bond acceptors (Lipinski definition) is 2. The van der Waals surface area contributed by atoms with Gasteiger partial charge in [-0.05, 0) is 25.7 Å². The van der Waals surface area contributed by atoms with Crippen LogP contribution in [0.1, 0.15) is 259 Å². The van der Waals surface area contributed by atoms with Crippen molar-refractivity contribution in [2.45, 2.75) is 259 Å². The molecule has 0 aromatic carbocycles. The van der Waals surface area contributed by atoms with Gasteiger partial charge in [0.1, 0.15) is 0 Å². The summed E-state index contributed by atoms with van der Waals surface area (Å²) < 4.78 is 0. The van der Waals surface area contributed by atoms with E-state index < -0.39 is 11.9 Å². The van der Waals surface area contributed by atoms with Crippen LogP contribution in [0.2, 0.25) is 0 Å². The van der Waals surface area contributed by atoms with Crippen LogP contribution in [0.15, 0.2) is 0 Å². The minimum atomic E-state index is -0.595.